The summed E-state index contributed by atoms with van der Waals surface area (Å²) in [7, 11) is 1.69. The van der Waals surface area contributed by atoms with E-state index in [0.717, 1.165) is 38.3 Å². The molecule has 1 amide bonds. The quantitative estimate of drug-likeness (QED) is 0.760. The van der Waals surface area contributed by atoms with Gasteiger partial charge in [0.15, 0.2) is 0 Å². The molecule has 0 saturated carbocycles. The fourth-order valence-electron chi connectivity index (χ4n) is 4.24. The lowest BCUT2D eigenvalue weighted by Crippen LogP contribution is -2.47. The molecule has 3 fully saturated rings. The molecule has 144 valence electrons. The Kier molecular flexibility index (Phi) is 5.33. The zero-order valence-electron chi connectivity index (χ0n) is 15.7. The van der Waals surface area contributed by atoms with Crippen LogP contribution in [0.5, 0.6) is 5.75 Å². The van der Waals surface area contributed by atoms with E-state index < -0.39 is 0 Å². The van der Waals surface area contributed by atoms with Gasteiger partial charge in [-0.05, 0) is 46.9 Å². The summed E-state index contributed by atoms with van der Waals surface area (Å²) in [5, 5.41) is 11.1. The summed E-state index contributed by atoms with van der Waals surface area (Å²) in [4.78, 5) is 17.4. The molecule has 0 N–H and O–H groups in total. The minimum absolute atomic E-state index is 0.214. The molecule has 3 saturated heterocycles. The van der Waals surface area contributed by atoms with E-state index in [2.05, 4.69) is 37.5 Å². The number of aryl methyl sites for hydroxylation is 1. The number of amides is 1. The van der Waals surface area contributed by atoms with Gasteiger partial charge in [-0.2, -0.15) is 0 Å². The Labute approximate surface area is 159 Å². The lowest BCUT2D eigenvalue weighted by Gasteiger charge is -2.36. The molecule has 3 aliphatic rings. The van der Waals surface area contributed by atoms with Crippen molar-refractivity contribution in [1.29, 1.82) is 0 Å². The van der Waals surface area contributed by atoms with E-state index in [0.29, 0.717) is 24.9 Å². The number of piperidine rings is 1. The molecule has 0 radical (unpaired) electrons. The maximum absolute atomic E-state index is 12.8. The highest BCUT2D eigenvalue weighted by Gasteiger charge is 2.36. The Morgan fingerprint density at radius 1 is 1.19 bits per heavy atom. The van der Waals surface area contributed by atoms with Crippen molar-refractivity contribution in [1.82, 2.24) is 30.0 Å². The molecule has 27 heavy (non-hydrogen) atoms. The van der Waals surface area contributed by atoms with Crippen LogP contribution in [0, 0.1) is 5.92 Å². The number of tetrazole rings is 1. The largest absolute Gasteiger partial charge is 0.497 e. The van der Waals surface area contributed by atoms with Crippen LogP contribution in [0.2, 0.25) is 0 Å². The van der Waals surface area contributed by atoms with Gasteiger partial charge in [0.25, 0.3) is 0 Å². The molecule has 0 spiro atoms. The second-order valence-corrected chi connectivity index (χ2v) is 7.51. The van der Waals surface area contributed by atoms with Crippen LogP contribution in [0.4, 0.5) is 0 Å². The predicted molar refractivity (Wildman–Crippen MR) is 98.9 cm³/mol. The van der Waals surface area contributed by atoms with Gasteiger partial charge in [0, 0.05) is 38.6 Å². The highest BCUT2D eigenvalue weighted by molar-refractivity contribution is 5.76. The maximum Gasteiger partial charge on any atom is 0.224 e. The summed E-state index contributed by atoms with van der Waals surface area (Å²) in [6.07, 6.45) is 4.31. The zero-order valence-corrected chi connectivity index (χ0v) is 15.7. The number of benzene rings is 1. The number of hydrogen-bond donors (Lipinski definition) is 0. The van der Waals surface area contributed by atoms with Crippen molar-refractivity contribution in [2.24, 2.45) is 5.92 Å². The second-order valence-electron chi connectivity index (χ2n) is 7.51. The summed E-state index contributed by atoms with van der Waals surface area (Å²) in [6, 6.07) is 8.58. The van der Waals surface area contributed by atoms with Gasteiger partial charge in [-0.3, -0.25) is 9.69 Å². The van der Waals surface area contributed by atoms with Crippen LogP contribution in [-0.4, -0.2) is 68.7 Å². The fourth-order valence-corrected chi connectivity index (χ4v) is 4.24. The Balaban J connectivity index is 1.36. The maximum atomic E-state index is 12.8. The molecule has 1 aromatic carbocycles. The van der Waals surface area contributed by atoms with E-state index in [1.807, 2.05) is 12.1 Å². The van der Waals surface area contributed by atoms with E-state index in [1.54, 1.807) is 18.1 Å². The van der Waals surface area contributed by atoms with Gasteiger partial charge in [-0.15, -0.1) is 5.10 Å². The minimum Gasteiger partial charge on any atom is -0.497 e. The van der Waals surface area contributed by atoms with Crippen LogP contribution in [0.3, 0.4) is 0 Å². The number of nitrogens with zero attached hydrogens (tertiary/aromatic N) is 6. The van der Waals surface area contributed by atoms with Crippen molar-refractivity contribution in [3.8, 4) is 5.75 Å². The number of ether oxygens (including phenoxy) is 1. The first kappa shape index (κ1) is 17.9. The van der Waals surface area contributed by atoms with Crippen LogP contribution in [-0.2, 0) is 17.9 Å². The smallest absolute Gasteiger partial charge is 0.224 e. The van der Waals surface area contributed by atoms with Crippen molar-refractivity contribution >= 4 is 5.91 Å². The predicted octanol–water partition coefficient (Wildman–Crippen LogP) is 1.19. The number of carbonyl (C=O) groups is 1. The van der Waals surface area contributed by atoms with Crippen LogP contribution >= 0.6 is 0 Å². The lowest BCUT2D eigenvalue weighted by atomic mass is 9.94. The van der Waals surface area contributed by atoms with E-state index in [-0.39, 0.29) is 5.91 Å². The summed E-state index contributed by atoms with van der Waals surface area (Å²) < 4.78 is 6.86. The van der Waals surface area contributed by atoms with Crippen molar-refractivity contribution in [2.75, 3.05) is 26.7 Å². The van der Waals surface area contributed by atoms with Gasteiger partial charge >= 0.3 is 0 Å². The first-order valence-corrected chi connectivity index (χ1v) is 9.57. The topological polar surface area (TPSA) is 76.4 Å². The third-order valence-electron chi connectivity index (χ3n) is 5.62. The highest BCUT2D eigenvalue weighted by Crippen LogP contribution is 2.29. The van der Waals surface area contributed by atoms with Crippen molar-refractivity contribution in [3.05, 3.63) is 36.2 Å². The van der Waals surface area contributed by atoms with Gasteiger partial charge in [0.05, 0.1) is 13.7 Å². The molecule has 4 heterocycles. The Bertz CT molecular complexity index is 748. The Morgan fingerprint density at radius 2 is 2.04 bits per heavy atom. The summed E-state index contributed by atoms with van der Waals surface area (Å²) >= 11 is 0. The third-order valence-corrected chi connectivity index (χ3v) is 5.62. The molecule has 0 unspecified atom stereocenters. The van der Waals surface area contributed by atoms with Gasteiger partial charge in [-0.25, -0.2) is 4.68 Å². The van der Waals surface area contributed by atoms with Gasteiger partial charge in [-0.1, -0.05) is 12.1 Å². The molecule has 3 aliphatic heterocycles. The third kappa shape index (κ3) is 4.27. The summed E-state index contributed by atoms with van der Waals surface area (Å²) in [6.45, 7) is 4.33. The number of fused-ring (bicyclic) bond motifs is 4. The van der Waals surface area contributed by atoms with E-state index in [9.17, 15) is 4.79 Å². The summed E-state index contributed by atoms with van der Waals surface area (Å²) in [5.41, 5.74) is 1.29. The van der Waals surface area contributed by atoms with E-state index in [4.69, 9.17) is 4.74 Å². The standard InChI is InChI=1S/C19H26N6O2/c1-27-18-6-3-15(4-7-18)10-23-11-16-2-5-17(13-23)25(12-16)19(26)8-9-24-14-20-21-22-24/h3-4,6-7,14,16-17H,2,5,8-13H2,1H3/t16-,17+/m1/s1. The van der Waals surface area contributed by atoms with E-state index in [1.165, 1.54) is 12.0 Å². The molecule has 0 aliphatic carbocycles. The molecular weight excluding hydrogens is 344 g/mol. The summed E-state index contributed by atoms with van der Waals surface area (Å²) in [5.74, 6) is 1.65. The van der Waals surface area contributed by atoms with Crippen LogP contribution < -0.4 is 4.74 Å². The Morgan fingerprint density at radius 3 is 2.78 bits per heavy atom. The lowest BCUT2D eigenvalue weighted by molar-refractivity contribution is -0.135. The molecule has 8 nitrogen and oxygen atoms in total. The average molecular weight is 370 g/mol. The van der Waals surface area contributed by atoms with Gasteiger partial charge in [0.2, 0.25) is 5.91 Å². The number of carbonyl (C=O) groups excluding carboxylic acids is 1. The van der Waals surface area contributed by atoms with Crippen molar-refractivity contribution in [3.63, 3.8) is 0 Å². The van der Waals surface area contributed by atoms with Crippen molar-refractivity contribution < 1.29 is 9.53 Å². The molecule has 8 heteroatoms. The average Bonchev–Trinajstić information content (AvgIpc) is 3.07. The molecule has 5 rings (SSSR count). The first-order chi connectivity index (χ1) is 13.2. The highest BCUT2D eigenvalue weighted by atomic mass is 16.5. The second kappa shape index (κ2) is 8.04. The monoisotopic (exact) mass is 370 g/mol. The zero-order chi connectivity index (χ0) is 18.6. The van der Waals surface area contributed by atoms with Gasteiger partial charge in [0.1, 0.15) is 12.1 Å². The molecule has 2 atom stereocenters. The SMILES string of the molecule is COc1ccc(CN2C[C@H]3CC[C@@H](C2)N(C(=O)CCn2cnnn2)C3)cc1. The van der Waals surface area contributed by atoms with Crippen LogP contribution in [0.25, 0.3) is 0 Å². The number of aromatic nitrogens is 4. The molecule has 1 aromatic heterocycles. The number of hydrogen-bond acceptors (Lipinski definition) is 6. The number of methoxy groups -OCH3 is 1. The van der Waals surface area contributed by atoms with Gasteiger partial charge < -0.3 is 9.64 Å². The van der Waals surface area contributed by atoms with Crippen LogP contribution in [0.15, 0.2) is 30.6 Å². The first-order valence-electron chi connectivity index (χ1n) is 9.57. The molecule has 2 bridgehead atoms. The normalized spacial score (nSPS) is 22.6. The molecular formula is C19H26N6O2. The Hall–Kier alpha value is -2.48. The van der Waals surface area contributed by atoms with Crippen molar-refractivity contribution in [2.45, 2.75) is 38.4 Å². The minimum atomic E-state index is 0.214. The van der Waals surface area contributed by atoms with E-state index >= 15 is 0 Å². The molecule has 2 aromatic rings. The fraction of sp³-hybridized carbons (Fsp3) is 0.579. The number of rotatable bonds is 6. The van der Waals surface area contributed by atoms with Crippen LogP contribution in [0.1, 0.15) is 24.8 Å².